The Kier molecular flexibility index (Phi) is 2.60. The van der Waals surface area contributed by atoms with Crippen LogP contribution >= 0.6 is 15.9 Å². The van der Waals surface area contributed by atoms with Crippen LogP contribution in [0.5, 0.6) is 0 Å². The van der Waals surface area contributed by atoms with Crippen molar-refractivity contribution in [2.24, 2.45) is 0 Å². The number of fused-ring (bicyclic) bond motifs is 1. The molecule has 1 aromatic carbocycles. The van der Waals surface area contributed by atoms with Crippen molar-refractivity contribution >= 4 is 44.4 Å². The van der Waals surface area contributed by atoms with Gasteiger partial charge >= 0.3 is 0 Å². The SMILES string of the molecule is Nc1nc(Nc2ccc(Br)cc2)c2cn[nH]c2n1. The van der Waals surface area contributed by atoms with E-state index in [1.807, 2.05) is 24.3 Å². The monoisotopic (exact) mass is 304 g/mol. The molecule has 0 aliphatic carbocycles. The summed E-state index contributed by atoms with van der Waals surface area (Å²) in [5.74, 6) is 0.833. The molecule has 3 aromatic rings. The van der Waals surface area contributed by atoms with Gasteiger partial charge in [0.05, 0.1) is 11.6 Å². The molecule has 18 heavy (non-hydrogen) atoms. The molecule has 0 saturated heterocycles. The van der Waals surface area contributed by atoms with Crippen molar-refractivity contribution in [1.29, 1.82) is 0 Å². The lowest BCUT2D eigenvalue weighted by atomic mass is 10.3. The van der Waals surface area contributed by atoms with E-state index in [0.717, 1.165) is 15.5 Å². The second-order valence-corrected chi connectivity index (χ2v) is 4.61. The zero-order valence-electron chi connectivity index (χ0n) is 9.18. The van der Waals surface area contributed by atoms with Crippen LogP contribution in [0.1, 0.15) is 0 Å². The summed E-state index contributed by atoms with van der Waals surface area (Å²) in [4.78, 5) is 8.23. The van der Waals surface area contributed by atoms with Crippen molar-refractivity contribution in [3.63, 3.8) is 0 Å². The summed E-state index contributed by atoms with van der Waals surface area (Å²) in [6.45, 7) is 0. The zero-order chi connectivity index (χ0) is 12.5. The molecule has 0 atom stereocenters. The van der Waals surface area contributed by atoms with Crippen molar-refractivity contribution < 1.29 is 0 Å². The number of nitrogens with two attached hydrogens (primary N) is 1. The molecule has 3 rings (SSSR count). The number of aromatic amines is 1. The largest absolute Gasteiger partial charge is 0.368 e. The fraction of sp³-hybridized carbons (Fsp3) is 0. The fourth-order valence-corrected chi connectivity index (χ4v) is 1.88. The van der Waals surface area contributed by atoms with Gasteiger partial charge in [-0.25, -0.2) is 0 Å². The van der Waals surface area contributed by atoms with E-state index in [0.29, 0.717) is 11.5 Å². The summed E-state index contributed by atoms with van der Waals surface area (Å²) >= 11 is 3.39. The Labute approximate surface area is 111 Å². The normalized spacial score (nSPS) is 10.7. The summed E-state index contributed by atoms with van der Waals surface area (Å²) in [7, 11) is 0. The van der Waals surface area contributed by atoms with Crippen LogP contribution in [-0.4, -0.2) is 20.2 Å². The standard InChI is InChI=1S/C11H9BrN6/c12-6-1-3-7(4-2-6)15-9-8-5-14-18-10(8)17-11(13)16-9/h1-5H,(H4,13,14,15,16,17,18). The molecule has 0 radical (unpaired) electrons. The van der Waals surface area contributed by atoms with Crippen molar-refractivity contribution in [3.8, 4) is 0 Å². The summed E-state index contributed by atoms with van der Waals surface area (Å²) < 4.78 is 1.02. The lowest BCUT2D eigenvalue weighted by Gasteiger charge is -2.06. The Bertz CT molecular complexity index is 690. The molecule has 0 unspecified atom stereocenters. The maximum Gasteiger partial charge on any atom is 0.224 e. The Morgan fingerprint density at radius 1 is 1.17 bits per heavy atom. The van der Waals surface area contributed by atoms with Gasteiger partial charge in [0, 0.05) is 10.2 Å². The third-order valence-corrected chi connectivity index (χ3v) is 2.96. The lowest BCUT2D eigenvalue weighted by Crippen LogP contribution is -2.00. The first-order chi connectivity index (χ1) is 8.72. The lowest BCUT2D eigenvalue weighted by molar-refractivity contribution is 1.09. The number of aromatic nitrogens is 4. The number of nitrogens with zero attached hydrogens (tertiary/aromatic N) is 3. The molecule has 0 aliphatic heterocycles. The highest BCUT2D eigenvalue weighted by molar-refractivity contribution is 9.10. The van der Waals surface area contributed by atoms with Crippen LogP contribution in [0.4, 0.5) is 17.5 Å². The molecule has 4 N–H and O–H groups in total. The molecule has 0 aliphatic rings. The summed E-state index contributed by atoms with van der Waals surface area (Å²) in [5, 5.41) is 10.7. The van der Waals surface area contributed by atoms with E-state index in [9.17, 15) is 0 Å². The molecule has 0 amide bonds. The van der Waals surface area contributed by atoms with E-state index in [1.165, 1.54) is 0 Å². The van der Waals surface area contributed by atoms with Crippen LogP contribution in [-0.2, 0) is 0 Å². The molecule has 6 nitrogen and oxygen atoms in total. The van der Waals surface area contributed by atoms with E-state index >= 15 is 0 Å². The van der Waals surface area contributed by atoms with E-state index in [4.69, 9.17) is 5.73 Å². The first-order valence-corrected chi connectivity index (χ1v) is 6.01. The Morgan fingerprint density at radius 3 is 2.72 bits per heavy atom. The molecule has 0 saturated carbocycles. The van der Waals surface area contributed by atoms with Crippen LogP contribution in [0.2, 0.25) is 0 Å². The van der Waals surface area contributed by atoms with Gasteiger partial charge in [0.2, 0.25) is 5.95 Å². The summed E-state index contributed by atoms with van der Waals surface area (Å²) in [5.41, 5.74) is 7.17. The smallest absolute Gasteiger partial charge is 0.224 e. The second-order valence-electron chi connectivity index (χ2n) is 3.69. The van der Waals surface area contributed by atoms with Crippen molar-refractivity contribution in [3.05, 3.63) is 34.9 Å². The van der Waals surface area contributed by atoms with Crippen molar-refractivity contribution in [2.75, 3.05) is 11.1 Å². The predicted molar refractivity (Wildman–Crippen MR) is 73.5 cm³/mol. The minimum Gasteiger partial charge on any atom is -0.368 e. The maximum atomic E-state index is 5.64. The fourth-order valence-electron chi connectivity index (χ4n) is 1.62. The minimum absolute atomic E-state index is 0.200. The quantitative estimate of drug-likeness (QED) is 0.676. The molecule has 7 heteroatoms. The molecular weight excluding hydrogens is 296 g/mol. The van der Waals surface area contributed by atoms with Crippen molar-refractivity contribution in [1.82, 2.24) is 20.2 Å². The van der Waals surface area contributed by atoms with Crippen LogP contribution in [0.15, 0.2) is 34.9 Å². The van der Waals surface area contributed by atoms with E-state index in [1.54, 1.807) is 6.20 Å². The highest BCUT2D eigenvalue weighted by Gasteiger charge is 2.07. The number of anilines is 3. The number of halogens is 1. The van der Waals surface area contributed by atoms with Crippen molar-refractivity contribution in [2.45, 2.75) is 0 Å². The second kappa shape index (κ2) is 4.26. The van der Waals surface area contributed by atoms with Gasteiger partial charge in [-0.3, -0.25) is 5.10 Å². The summed E-state index contributed by atoms with van der Waals surface area (Å²) in [6, 6.07) is 7.77. The first kappa shape index (κ1) is 11.0. The van der Waals surface area contributed by atoms with Gasteiger partial charge in [0.1, 0.15) is 5.82 Å². The molecule has 0 spiro atoms. The topological polar surface area (TPSA) is 92.5 Å². The van der Waals surface area contributed by atoms with Gasteiger partial charge < -0.3 is 11.1 Å². The highest BCUT2D eigenvalue weighted by Crippen LogP contribution is 2.23. The number of H-pyrrole nitrogens is 1. The highest BCUT2D eigenvalue weighted by atomic mass is 79.9. The first-order valence-electron chi connectivity index (χ1n) is 5.21. The van der Waals surface area contributed by atoms with Gasteiger partial charge in [-0.15, -0.1) is 0 Å². The molecule has 2 heterocycles. The minimum atomic E-state index is 0.200. The third-order valence-electron chi connectivity index (χ3n) is 2.43. The number of hydrogen-bond acceptors (Lipinski definition) is 5. The molecule has 2 aromatic heterocycles. The number of benzene rings is 1. The van der Waals surface area contributed by atoms with Gasteiger partial charge in [0.25, 0.3) is 0 Å². The van der Waals surface area contributed by atoms with Crippen LogP contribution < -0.4 is 11.1 Å². The summed E-state index contributed by atoms with van der Waals surface area (Å²) in [6.07, 6.45) is 1.66. The van der Waals surface area contributed by atoms with Crippen LogP contribution in [0.25, 0.3) is 11.0 Å². The Morgan fingerprint density at radius 2 is 1.94 bits per heavy atom. The number of rotatable bonds is 2. The predicted octanol–water partition coefficient (Wildman–Crippen LogP) is 2.44. The maximum absolute atomic E-state index is 5.64. The number of hydrogen-bond donors (Lipinski definition) is 3. The molecule has 90 valence electrons. The Hall–Kier alpha value is -2.15. The Balaban J connectivity index is 2.03. The van der Waals surface area contributed by atoms with Crippen LogP contribution in [0, 0.1) is 0 Å². The average Bonchev–Trinajstić information content (AvgIpc) is 2.80. The number of nitrogen functional groups attached to an aromatic ring is 1. The van der Waals surface area contributed by atoms with Crippen LogP contribution in [0.3, 0.4) is 0 Å². The molecule has 0 fully saturated rings. The van der Waals surface area contributed by atoms with Gasteiger partial charge in [-0.2, -0.15) is 15.1 Å². The van der Waals surface area contributed by atoms with E-state index in [-0.39, 0.29) is 5.95 Å². The molecular formula is C11H9BrN6. The zero-order valence-corrected chi connectivity index (χ0v) is 10.8. The van der Waals surface area contributed by atoms with E-state index in [2.05, 4.69) is 41.4 Å². The van der Waals surface area contributed by atoms with Gasteiger partial charge in [0.15, 0.2) is 5.65 Å². The third kappa shape index (κ3) is 2.00. The van der Waals surface area contributed by atoms with Gasteiger partial charge in [-0.1, -0.05) is 15.9 Å². The van der Waals surface area contributed by atoms with Gasteiger partial charge in [-0.05, 0) is 24.3 Å². The number of nitrogens with one attached hydrogen (secondary N) is 2. The molecule has 0 bridgehead atoms. The van der Waals surface area contributed by atoms with E-state index < -0.39 is 0 Å². The average molecular weight is 305 g/mol.